The normalized spacial score (nSPS) is 28.1. The highest BCUT2D eigenvalue weighted by molar-refractivity contribution is 7.57. The molecule has 0 saturated carbocycles. The van der Waals surface area contributed by atoms with Gasteiger partial charge >= 0.3 is 31.1 Å². The topological polar surface area (TPSA) is 261 Å². The van der Waals surface area contributed by atoms with Crippen molar-refractivity contribution in [3.63, 3.8) is 0 Å². The van der Waals surface area contributed by atoms with Crippen LogP contribution in [0.4, 0.5) is 0 Å². The highest BCUT2D eigenvalue weighted by Crippen LogP contribution is 2.70. The van der Waals surface area contributed by atoms with Crippen molar-refractivity contribution in [3.05, 3.63) is 32.6 Å². The van der Waals surface area contributed by atoms with Crippen LogP contribution >= 0.6 is 7.52 Å². The zero-order valence-electron chi connectivity index (χ0n) is 32.0. The van der Waals surface area contributed by atoms with Gasteiger partial charge in [-0.05, 0) is 41.0 Å². The number of nitrogens with zero attached hydrogens (tertiary/aromatic N) is 2. The van der Waals surface area contributed by atoms with Gasteiger partial charge in [0.15, 0.2) is 18.5 Å². The van der Waals surface area contributed by atoms with Crippen LogP contribution in [-0.2, 0) is 62.2 Å². The van der Waals surface area contributed by atoms with Crippen LogP contribution in [0.15, 0.2) is 15.8 Å². The molecule has 2 aliphatic rings. The van der Waals surface area contributed by atoms with E-state index in [2.05, 4.69) is 10.3 Å². The Morgan fingerprint density at radius 2 is 1.63 bits per heavy atom. The molecule has 0 aliphatic carbocycles. The van der Waals surface area contributed by atoms with Gasteiger partial charge in [-0.1, -0.05) is 0 Å². The standard InChI is InChI=1S/C33H53N4O16P/c1-17(2)37(18(3)4)54(46,33(13-24(43)25(15-38)53-33)36-14-19(5)30(44)35-32(36)45)49-12-10-11-47-31-27(34-20(6)39)29(51-23(9)42)28(50-22(8)41)26(52-31)16-48-21(7)40/h14,17-18,24-29,31,38,43H,10-13,15-16H2,1-9H3,(H,34,39)(H,35,44,45)/t24-,25+,26+,27+,28+,29+,31+,33-,54?/m0/s1. The molecule has 2 fully saturated rings. The van der Waals surface area contributed by atoms with Crippen molar-refractivity contribution >= 4 is 31.3 Å². The number of hydrogen-bond acceptors (Lipinski definition) is 16. The quantitative estimate of drug-likeness (QED) is 0.0700. The Bertz CT molecular complexity index is 1660. The number of nitrogens with one attached hydrogen (secondary N) is 2. The van der Waals surface area contributed by atoms with Crippen LogP contribution in [0.5, 0.6) is 0 Å². The molecule has 9 atom stereocenters. The number of ether oxygens (including phenoxy) is 6. The van der Waals surface area contributed by atoms with E-state index in [1.54, 1.807) is 27.7 Å². The first-order valence-electron chi connectivity index (χ1n) is 17.5. The molecule has 21 heteroatoms. The molecule has 1 unspecified atom stereocenters. The average molecular weight is 793 g/mol. The first kappa shape index (κ1) is 44.9. The number of aliphatic hydroxyl groups is 2. The van der Waals surface area contributed by atoms with Crippen molar-refractivity contribution < 1.29 is 66.9 Å². The predicted molar refractivity (Wildman–Crippen MR) is 187 cm³/mol. The summed E-state index contributed by atoms with van der Waals surface area (Å²) in [7, 11) is -4.49. The Morgan fingerprint density at radius 1 is 1.02 bits per heavy atom. The Labute approximate surface area is 312 Å². The summed E-state index contributed by atoms with van der Waals surface area (Å²) < 4.78 is 58.6. The third-order valence-electron chi connectivity index (χ3n) is 8.63. The van der Waals surface area contributed by atoms with E-state index < -0.39 is 123 Å². The second-order valence-corrected chi connectivity index (χ2v) is 16.1. The fourth-order valence-corrected chi connectivity index (χ4v) is 10.1. The molecule has 4 N–H and O–H groups in total. The van der Waals surface area contributed by atoms with Crippen LogP contribution < -0.4 is 16.6 Å². The summed E-state index contributed by atoms with van der Waals surface area (Å²) in [5.41, 5.74) is -3.80. The molecule has 1 aromatic rings. The van der Waals surface area contributed by atoms with Crippen molar-refractivity contribution in [1.29, 1.82) is 0 Å². The summed E-state index contributed by atoms with van der Waals surface area (Å²) in [6.45, 7) is 11.4. The SMILES string of the molecule is CC(=O)N[C@H]1[C@H](OCCCOP(=O)(N(C(C)C)C(C)C)[C@]2(n3cc(C)c(=O)[nH]c3=O)C[C@H](O)[C@@H](CO)O2)O[C@H](COC(C)=O)[C@@H](OC(C)=O)[C@@H]1OC(C)=O. The minimum absolute atomic E-state index is 0.0114. The monoisotopic (exact) mass is 792 g/mol. The van der Waals surface area contributed by atoms with Crippen LogP contribution in [0.2, 0.25) is 0 Å². The molecule has 54 heavy (non-hydrogen) atoms. The molecule has 3 heterocycles. The van der Waals surface area contributed by atoms with E-state index in [4.69, 9.17) is 32.9 Å². The maximum Gasteiger partial charge on any atom is 0.331 e. The van der Waals surface area contributed by atoms with Gasteiger partial charge in [-0.2, -0.15) is 0 Å². The third-order valence-corrected chi connectivity index (χ3v) is 12.1. The lowest BCUT2D eigenvalue weighted by atomic mass is 9.96. The molecule has 0 radical (unpaired) electrons. The maximum atomic E-state index is 15.6. The van der Waals surface area contributed by atoms with E-state index in [0.29, 0.717) is 0 Å². The fourth-order valence-electron chi connectivity index (χ4n) is 6.66. The molecule has 0 bridgehead atoms. The number of esters is 3. The van der Waals surface area contributed by atoms with E-state index in [-0.39, 0.29) is 25.2 Å². The summed E-state index contributed by atoms with van der Waals surface area (Å²) >= 11 is 0. The van der Waals surface area contributed by atoms with Crippen molar-refractivity contribution in [1.82, 2.24) is 19.5 Å². The number of amides is 1. The third kappa shape index (κ3) is 10.2. The average Bonchev–Trinajstić information content (AvgIpc) is 3.40. The van der Waals surface area contributed by atoms with E-state index >= 15 is 4.57 Å². The zero-order chi connectivity index (χ0) is 40.7. The Morgan fingerprint density at radius 3 is 2.15 bits per heavy atom. The van der Waals surface area contributed by atoms with Crippen LogP contribution in [0.3, 0.4) is 0 Å². The van der Waals surface area contributed by atoms with E-state index in [1.807, 2.05) is 0 Å². The van der Waals surface area contributed by atoms with Crippen molar-refractivity contribution in [3.8, 4) is 0 Å². The molecule has 2 aliphatic heterocycles. The molecule has 3 rings (SSSR count). The first-order chi connectivity index (χ1) is 25.2. The lowest BCUT2D eigenvalue weighted by Gasteiger charge is -2.46. The molecule has 20 nitrogen and oxygen atoms in total. The molecule has 1 amide bonds. The maximum absolute atomic E-state index is 15.6. The number of aliphatic hydroxyl groups excluding tert-OH is 2. The smallest absolute Gasteiger partial charge is 0.331 e. The number of aryl methyl sites for hydroxylation is 1. The van der Waals surface area contributed by atoms with Crippen molar-refractivity contribution in [2.45, 2.75) is 136 Å². The van der Waals surface area contributed by atoms with Gasteiger partial charge in [0.25, 0.3) is 5.56 Å². The van der Waals surface area contributed by atoms with E-state index in [1.165, 1.54) is 24.7 Å². The molecular weight excluding hydrogens is 739 g/mol. The second kappa shape index (κ2) is 18.9. The van der Waals surface area contributed by atoms with Gasteiger partial charge in [0.05, 0.1) is 25.9 Å². The van der Waals surface area contributed by atoms with Gasteiger partial charge in [0.2, 0.25) is 11.4 Å². The number of aromatic amines is 1. The Balaban J connectivity index is 1.99. The molecule has 0 spiro atoms. The Kier molecular flexibility index (Phi) is 15.7. The fraction of sp³-hybridized carbons (Fsp3) is 0.758. The van der Waals surface area contributed by atoms with E-state index in [0.717, 1.165) is 25.3 Å². The van der Waals surface area contributed by atoms with Gasteiger partial charge in [-0.25, -0.2) is 9.46 Å². The molecule has 306 valence electrons. The minimum atomic E-state index is -4.49. The number of carbonyl (C=O) groups is 4. The Hall–Kier alpha value is -3.49. The summed E-state index contributed by atoms with van der Waals surface area (Å²) in [5.74, 6) is -2.80. The van der Waals surface area contributed by atoms with Gasteiger partial charge in [-0.15, -0.1) is 0 Å². The highest BCUT2D eigenvalue weighted by atomic mass is 31.2. The lowest BCUT2D eigenvalue weighted by molar-refractivity contribution is -0.278. The molecular formula is C33H53N4O16P. The number of rotatable bonds is 17. The highest BCUT2D eigenvalue weighted by Gasteiger charge is 2.64. The first-order valence-corrected chi connectivity index (χ1v) is 19.1. The largest absolute Gasteiger partial charge is 0.463 e. The second-order valence-electron chi connectivity index (χ2n) is 13.7. The summed E-state index contributed by atoms with van der Waals surface area (Å²) in [5, 5.41) is 23.6. The van der Waals surface area contributed by atoms with Gasteiger partial charge in [0, 0.05) is 58.0 Å². The summed E-state index contributed by atoms with van der Waals surface area (Å²) in [4.78, 5) is 76.1. The number of H-pyrrole nitrogens is 1. The molecule has 1 aromatic heterocycles. The molecule has 0 aromatic carbocycles. The van der Waals surface area contributed by atoms with Gasteiger partial charge in [0.1, 0.15) is 24.9 Å². The summed E-state index contributed by atoms with van der Waals surface area (Å²) in [6.07, 6.45) is -7.18. The van der Waals surface area contributed by atoms with Crippen LogP contribution in [0, 0.1) is 6.92 Å². The lowest BCUT2D eigenvalue weighted by Crippen LogP contribution is -2.66. The minimum Gasteiger partial charge on any atom is -0.463 e. The van der Waals surface area contributed by atoms with E-state index in [9.17, 15) is 39.0 Å². The van der Waals surface area contributed by atoms with Crippen LogP contribution in [-0.4, -0.2) is 130 Å². The number of carbonyl (C=O) groups excluding carboxylic acids is 4. The van der Waals surface area contributed by atoms with Gasteiger partial charge < -0.3 is 48.5 Å². The van der Waals surface area contributed by atoms with Gasteiger partial charge in [-0.3, -0.25) is 38.1 Å². The summed E-state index contributed by atoms with van der Waals surface area (Å²) in [6, 6.07) is -2.19. The van der Waals surface area contributed by atoms with Crippen LogP contribution in [0.1, 0.15) is 73.8 Å². The number of hydrogen-bond donors (Lipinski definition) is 4. The number of aromatic nitrogens is 2. The molecule has 2 saturated heterocycles. The predicted octanol–water partition coefficient (Wildman–Crippen LogP) is -0.0113. The van der Waals surface area contributed by atoms with Crippen molar-refractivity contribution in [2.24, 2.45) is 0 Å². The van der Waals surface area contributed by atoms with Crippen LogP contribution in [0.25, 0.3) is 0 Å². The zero-order valence-corrected chi connectivity index (χ0v) is 32.9. The van der Waals surface area contributed by atoms with Crippen molar-refractivity contribution in [2.75, 3.05) is 26.4 Å².